The number of fused-ring (bicyclic) bond motifs is 2. The lowest BCUT2D eigenvalue weighted by atomic mass is 10.2. The van der Waals surface area contributed by atoms with Crippen LogP contribution in [0.25, 0.3) is 33.5 Å². The second-order valence-corrected chi connectivity index (χ2v) is 7.17. The summed E-state index contributed by atoms with van der Waals surface area (Å²) in [6.45, 7) is 0. The lowest BCUT2D eigenvalue weighted by Gasteiger charge is -1.96. The zero-order valence-electron chi connectivity index (χ0n) is 11.7. The van der Waals surface area contributed by atoms with Gasteiger partial charge >= 0.3 is 0 Å². The Morgan fingerprint density at radius 1 is 1.05 bits per heavy atom. The third-order valence-electron chi connectivity index (χ3n) is 3.58. The number of aromatic amines is 2. The van der Waals surface area contributed by atoms with Crippen LogP contribution in [0.2, 0.25) is 0 Å². The molecule has 22 heavy (non-hydrogen) atoms. The Labute approximate surface area is 126 Å². The molecule has 2 N–H and O–H groups in total. The van der Waals surface area contributed by atoms with Crippen molar-refractivity contribution >= 4 is 31.8 Å². The lowest BCUT2D eigenvalue weighted by molar-refractivity contribution is 0.602. The number of sulfone groups is 1. The summed E-state index contributed by atoms with van der Waals surface area (Å²) < 4.78 is 23.3. The van der Waals surface area contributed by atoms with E-state index in [9.17, 15) is 8.42 Å². The number of hydrogen-bond acceptors (Lipinski definition) is 4. The number of hydrogen-bond donors (Lipinski definition) is 2. The SMILES string of the molecule is CS(=O)(=O)c1ccc2[nH]c(-c3n[nH]c4ccccc34)nc2c1. The third kappa shape index (κ3) is 1.98. The van der Waals surface area contributed by atoms with Crippen molar-refractivity contribution in [2.24, 2.45) is 0 Å². The fourth-order valence-electron chi connectivity index (χ4n) is 2.47. The number of rotatable bonds is 2. The Balaban J connectivity index is 1.93. The van der Waals surface area contributed by atoms with Crippen molar-refractivity contribution in [1.29, 1.82) is 0 Å². The Morgan fingerprint density at radius 3 is 2.68 bits per heavy atom. The van der Waals surface area contributed by atoms with E-state index in [1.807, 2.05) is 24.3 Å². The van der Waals surface area contributed by atoms with Crippen LogP contribution in [0.4, 0.5) is 0 Å². The Hall–Kier alpha value is -2.67. The van der Waals surface area contributed by atoms with Crippen molar-refractivity contribution in [2.75, 3.05) is 6.26 Å². The second-order valence-electron chi connectivity index (χ2n) is 5.15. The molecule has 0 fully saturated rings. The monoisotopic (exact) mass is 312 g/mol. The molecule has 2 heterocycles. The minimum absolute atomic E-state index is 0.255. The van der Waals surface area contributed by atoms with E-state index in [2.05, 4.69) is 20.2 Å². The highest BCUT2D eigenvalue weighted by atomic mass is 32.2. The zero-order chi connectivity index (χ0) is 15.3. The van der Waals surface area contributed by atoms with Crippen LogP contribution in [0, 0.1) is 0 Å². The van der Waals surface area contributed by atoms with Gasteiger partial charge in [-0.3, -0.25) is 5.10 Å². The van der Waals surface area contributed by atoms with E-state index in [0.29, 0.717) is 17.0 Å². The van der Waals surface area contributed by atoms with Crippen molar-refractivity contribution in [1.82, 2.24) is 20.2 Å². The predicted octanol–water partition coefficient (Wildman–Crippen LogP) is 2.51. The number of nitrogens with one attached hydrogen (secondary N) is 2. The number of aromatic nitrogens is 4. The number of benzene rings is 2. The van der Waals surface area contributed by atoms with Crippen LogP contribution in [0.15, 0.2) is 47.4 Å². The van der Waals surface area contributed by atoms with Gasteiger partial charge in [-0.05, 0) is 24.3 Å². The van der Waals surface area contributed by atoms with Gasteiger partial charge in [0.2, 0.25) is 0 Å². The molecule has 4 rings (SSSR count). The molecule has 0 aliphatic carbocycles. The average molecular weight is 312 g/mol. The maximum absolute atomic E-state index is 11.6. The molecule has 0 atom stereocenters. The zero-order valence-corrected chi connectivity index (χ0v) is 12.5. The molecule has 0 spiro atoms. The molecule has 110 valence electrons. The van der Waals surface area contributed by atoms with Crippen LogP contribution in [0.5, 0.6) is 0 Å². The van der Waals surface area contributed by atoms with E-state index in [0.717, 1.165) is 16.4 Å². The van der Waals surface area contributed by atoms with Crippen LogP contribution in [0.1, 0.15) is 0 Å². The maximum Gasteiger partial charge on any atom is 0.175 e. The van der Waals surface area contributed by atoms with E-state index in [4.69, 9.17) is 0 Å². The molecule has 6 nitrogen and oxygen atoms in total. The van der Waals surface area contributed by atoms with Gasteiger partial charge < -0.3 is 4.98 Å². The molecule has 2 aromatic carbocycles. The van der Waals surface area contributed by atoms with Crippen LogP contribution in [-0.2, 0) is 9.84 Å². The summed E-state index contributed by atoms with van der Waals surface area (Å²) in [6, 6.07) is 12.6. The Morgan fingerprint density at radius 2 is 1.86 bits per heavy atom. The van der Waals surface area contributed by atoms with E-state index in [-0.39, 0.29) is 4.90 Å². The highest BCUT2D eigenvalue weighted by Gasteiger charge is 2.14. The molecule has 0 radical (unpaired) electrons. The number of imidazole rings is 1. The Bertz CT molecular complexity index is 1110. The molecule has 0 aliphatic heterocycles. The number of H-pyrrole nitrogens is 2. The Kier molecular flexibility index (Phi) is 2.61. The van der Waals surface area contributed by atoms with Gasteiger partial charge in [-0.2, -0.15) is 5.10 Å². The van der Waals surface area contributed by atoms with E-state index in [1.54, 1.807) is 18.2 Å². The minimum Gasteiger partial charge on any atom is -0.337 e. The van der Waals surface area contributed by atoms with Gasteiger partial charge in [0.25, 0.3) is 0 Å². The number of nitrogens with zero attached hydrogens (tertiary/aromatic N) is 2. The first-order valence-electron chi connectivity index (χ1n) is 6.66. The van der Waals surface area contributed by atoms with Gasteiger partial charge in [0.05, 0.1) is 21.4 Å². The van der Waals surface area contributed by atoms with Crippen molar-refractivity contribution in [3.8, 4) is 11.5 Å². The highest BCUT2D eigenvalue weighted by Crippen LogP contribution is 2.26. The van der Waals surface area contributed by atoms with Gasteiger partial charge in [0.15, 0.2) is 15.7 Å². The average Bonchev–Trinajstić information content (AvgIpc) is 3.08. The molecule has 0 unspecified atom stereocenters. The summed E-state index contributed by atoms with van der Waals surface area (Å²) >= 11 is 0. The topological polar surface area (TPSA) is 91.5 Å². The largest absolute Gasteiger partial charge is 0.337 e. The van der Waals surface area contributed by atoms with E-state index < -0.39 is 9.84 Å². The highest BCUT2D eigenvalue weighted by molar-refractivity contribution is 7.90. The first kappa shape index (κ1) is 13.0. The number of para-hydroxylation sites is 1. The summed E-state index contributed by atoms with van der Waals surface area (Å²) in [6.07, 6.45) is 1.18. The van der Waals surface area contributed by atoms with Gasteiger partial charge in [0, 0.05) is 11.6 Å². The molecular weight excluding hydrogens is 300 g/mol. The molecule has 0 amide bonds. The molecule has 0 bridgehead atoms. The van der Waals surface area contributed by atoms with Crippen molar-refractivity contribution in [3.63, 3.8) is 0 Å². The van der Waals surface area contributed by atoms with E-state index in [1.165, 1.54) is 6.26 Å². The fourth-order valence-corrected chi connectivity index (χ4v) is 3.11. The molecule has 2 aromatic heterocycles. The van der Waals surface area contributed by atoms with Crippen molar-refractivity contribution < 1.29 is 8.42 Å². The van der Waals surface area contributed by atoms with Crippen molar-refractivity contribution in [3.05, 3.63) is 42.5 Å². The smallest absolute Gasteiger partial charge is 0.175 e. The molecular formula is C15H12N4O2S. The molecule has 4 aromatic rings. The van der Waals surface area contributed by atoms with Gasteiger partial charge in [-0.15, -0.1) is 0 Å². The quantitative estimate of drug-likeness (QED) is 0.595. The first-order valence-corrected chi connectivity index (χ1v) is 8.55. The van der Waals surface area contributed by atoms with Crippen LogP contribution >= 0.6 is 0 Å². The normalized spacial score (nSPS) is 12.2. The van der Waals surface area contributed by atoms with Crippen LogP contribution in [-0.4, -0.2) is 34.8 Å². The lowest BCUT2D eigenvalue weighted by Crippen LogP contribution is -1.96. The summed E-state index contributed by atoms with van der Waals surface area (Å²) in [4.78, 5) is 7.91. The third-order valence-corrected chi connectivity index (χ3v) is 4.69. The summed E-state index contributed by atoms with van der Waals surface area (Å²) in [5.74, 6) is 0.609. The molecule has 0 saturated carbocycles. The predicted molar refractivity (Wildman–Crippen MR) is 84.3 cm³/mol. The second kappa shape index (κ2) is 4.41. The van der Waals surface area contributed by atoms with E-state index >= 15 is 0 Å². The van der Waals surface area contributed by atoms with Crippen LogP contribution < -0.4 is 0 Å². The molecule has 7 heteroatoms. The minimum atomic E-state index is -3.25. The van der Waals surface area contributed by atoms with Crippen molar-refractivity contribution in [2.45, 2.75) is 4.90 Å². The maximum atomic E-state index is 11.6. The first-order chi connectivity index (χ1) is 10.5. The summed E-state index contributed by atoms with van der Waals surface area (Å²) in [5, 5.41) is 8.22. The summed E-state index contributed by atoms with van der Waals surface area (Å²) in [5.41, 5.74) is 3.02. The standard InChI is InChI=1S/C15H12N4O2S/c1-22(20,21)9-6-7-12-13(8-9)17-15(16-12)14-10-4-2-3-5-11(10)18-19-14/h2-8H,1H3,(H,16,17)(H,18,19). The van der Waals surface area contributed by atoms with Crippen LogP contribution in [0.3, 0.4) is 0 Å². The van der Waals surface area contributed by atoms with Gasteiger partial charge in [-0.25, -0.2) is 13.4 Å². The summed E-state index contributed by atoms with van der Waals surface area (Å²) in [7, 11) is -3.25. The molecule has 0 saturated heterocycles. The molecule has 0 aliphatic rings. The van der Waals surface area contributed by atoms with Gasteiger partial charge in [-0.1, -0.05) is 18.2 Å². The fraction of sp³-hybridized carbons (Fsp3) is 0.0667. The van der Waals surface area contributed by atoms with Gasteiger partial charge in [0.1, 0.15) is 5.69 Å².